The molecule has 0 bridgehead atoms. The normalized spacial score (nSPS) is 12.2. The van der Waals surface area contributed by atoms with Crippen LogP contribution in [0.25, 0.3) is 0 Å². The molecule has 48 heavy (non-hydrogen) atoms. The number of aromatic hydroxyl groups is 1. The van der Waals surface area contributed by atoms with Crippen molar-refractivity contribution in [3.63, 3.8) is 0 Å². The molecule has 3 N–H and O–H groups in total. The predicted molar refractivity (Wildman–Crippen MR) is 203 cm³/mol. The number of aryl methyl sites for hydroxylation is 4. The average molecular weight is 663 g/mol. The molecule has 5 nitrogen and oxygen atoms in total. The van der Waals surface area contributed by atoms with E-state index in [4.69, 9.17) is 0 Å². The molecule has 0 saturated carbocycles. The Hall–Kier alpha value is -4.03. The molecule has 0 radical (unpaired) electrons. The molecule has 0 fully saturated rings. The molecule has 1 aliphatic rings. The lowest BCUT2D eigenvalue weighted by molar-refractivity contribution is 0.0973. The number of unbranched alkanes of at least 4 members (excludes halogenated alkanes) is 2. The zero-order chi connectivity index (χ0) is 34.5. The molecule has 4 aromatic carbocycles. The lowest BCUT2D eigenvalue weighted by atomic mass is 9.76. The van der Waals surface area contributed by atoms with Gasteiger partial charge in [-0.15, -0.1) is 12.6 Å². The van der Waals surface area contributed by atoms with E-state index in [1.165, 1.54) is 28.3 Å². The Morgan fingerprint density at radius 2 is 0.938 bits per heavy atom. The fourth-order valence-corrected chi connectivity index (χ4v) is 7.47. The van der Waals surface area contributed by atoms with Gasteiger partial charge in [0.1, 0.15) is 5.75 Å². The first-order chi connectivity index (χ1) is 23.3. The number of benzene rings is 4. The Balaban J connectivity index is 1.96. The molecule has 0 heterocycles. The van der Waals surface area contributed by atoms with E-state index in [1.807, 2.05) is 0 Å². The highest BCUT2D eigenvalue weighted by Gasteiger charge is 2.40. The number of anilines is 4. The van der Waals surface area contributed by atoms with Gasteiger partial charge in [-0.05, 0) is 96.9 Å². The van der Waals surface area contributed by atoms with Gasteiger partial charge in [-0.25, -0.2) is 0 Å². The van der Waals surface area contributed by atoms with Gasteiger partial charge in [0.15, 0.2) is 11.6 Å². The van der Waals surface area contributed by atoms with Gasteiger partial charge in [0, 0.05) is 27.4 Å². The number of carbonyl (C=O) groups excluding carboxylic acids is 2. The minimum Gasteiger partial charge on any atom is -0.507 e. The van der Waals surface area contributed by atoms with Gasteiger partial charge in [-0.1, -0.05) is 90.8 Å². The molecular weight excluding hydrogens is 613 g/mol. The maximum Gasteiger partial charge on any atom is 0.198 e. The van der Waals surface area contributed by atoms with Gasteiger partial charge in [-0.3, -0.25) is 9.59 Å². The average Bonchev–Trinajstić information content (AvgIpc) is 3.10. The second-order valence-corrected chi connectivity index (χ2v) is 13.2. The quantitative estimate of drug-likeness (QED) is 0.0890. The summed E-state index contributed by atoms with van der Waals surface area (Å²) in [5.41, 5.74) is 11.4. The number of hydrogen-bond acceptors (Lipinski definition) is 6. The van der Waals surface area contributed by atoms with Crippen LogP contribution >= 0.6 is 12.6 Å². The number of hydrogen-bond donors (Lipinski definition) is 4. The van der Waals surface area contributed by atoms with Crippen LogP contribution in [0, 0.1) is 0 Å². The van der Waals surface area contributed by atoms with Gasteiger partial charge >= 0.3 is 0 Å². The molecule has 0 aromatic heterocycles. The topological polar surface area (TPSA) is 78.4 Å². The van der Waals surface area contributed by atoms with Crippen LogP contribution < -0.4 is 10.6 Å². The number of thiol groups is 1. The third-order valence-corrected chi connectivity index (χ3v) is 10.2. The summed E-state index contributed by atoms with van der Waals surface area (Å²) in [4.78, 5) is 30.0. The molecule has 6 heteroatoms. The van der Waals surface area contributed by atoms with Crippen molar-refractivity contribution in [1.29, 1.82) is 0 Å². The summed E-state index contributed by atoms with van der Waals surface area (Å²) in [7, 11) is 0. The Morgan fingerprint density at radius 3 is 1.31 bits per heavy atom. The van der Waals surface area contributed by atoms with Crippen molar-refractivity contribution in [2.45, 2.75) is 111 Å². The van der Waals surface area contributed by atoms with Crippen LogP contribution in [0.2, 0.25) is 0 Å². The van der Waals surface area contributed by atoms with Crippen LogP contribution in [0.15, 0.2) is 53.4 Å². The summed E-state index contributed by atoms with van der Waals surface area (Å²) in [5.74, 6) is -0.745. The van der Waals surface area contributed by atoms with Crippen molar-refractivity contribution in [3.05, 3.63) is 104 Å². The van der Waals surface area contributed by atoms with E-state index >= 15 is 0 Å². The van der Waals surface area contributed by atoms with Crippen LogP contribution in [-0.4, -0.2) is 16.7 Å². The van der Waals surface area contributed by atoms with Crippen molar-refractivity contribution in [3.8, 4) is 5.75 Å². The molecule has 252 valence electrons. The van der Waals surface area contributed by atoms with Crippen molar-refractivity contribution in [2.75, 3.05) is 10.6 Å². The zero-order valence-corrected chi connectivity index (χ0v) is 30.3. The molecule has 0 spiro atoms. The molecule has 1 aliphatic carbocycles. The zero-order valence-electron chi connectivity index (χ0n) is 29.4. The van der Waals surface area contributed by atoms with E-state index in [0.717, 1.165) is 85.2 Å². The number of ketones is 2. The highest BCUT2D eigenvalue weighted by molar-refractivity contribution is 7.80. The van der Waals surface area contributed by atoms with Crippen LogP contribution in [0.5, 0.6) is 5.75 Å². The summed E-state index contributed by atoms with van der Waals surface area (Å²) in [6, 6.07) is 16.0. The number of carbonyl (C=O) groups is 2. The second kappa shape index (κ2) is 15.5. The summed E-state index contributed by atoms with van der Waals surface area (Å²) >= 11 is 4.64. The van der Waals surface area contributed by atoms with E-state index in [-0.39, 0.29) is 28.4 Å². The highest BCUT2D eigenvalue weighted by Crippen LogP contribution is 2.48. The SMILES string of the molecule is CCCCc1c(Nc2c(CC)cccc2CC)c(Nc2c(CC)cccc2CC)c(CCCC)c2c1C(=O)c1c(O)ccc(S)c1C2=O. The van der Waals surface area contributed by atoms with Crippen molar-refractivity contribution in [1.82, 2.24) is 0 Å². The number of phenolic OH excluding ortho intramolecular Hbond substituents is 1. The smallest absolute Gasteiger partial charge is 0.198 e. The maximum absolute atomic E-state index is 14.8. The fourth-order valence-electron chi connectivity index (χ4n) is 7.18. The van der Waals surface area contributed by atoms with E-state index in [9.17, 15) is 14.7 Å². The summed E-state index contributed by atoms with van der Waals surface area (Å²) in [6.07, 6.45) is 8.14. The maximum atomic E-state index is 14.8. The number of fused-ring (bicyclic) bond motifs is 2. The number of rotatable bonds is 14. The first kappa shape index (κ1) is 35.3. The lowest BCUT2D eigenvalue weighted by Crippen LogP contribution is -2.27. The molecular formula is C42H50N2O3S. The van der Waals surface area contributed by atoms with Gasteiger partial charge < -0.3 is 15.7 Å². The van der Waals surface area contributed by atoms with Gasteiger partial charge in [-0.2, -0.15) is 0 Å². The molecule has 0 saturated heterocycles. The fraction of sp³-hybridized carbons (Fsp3) is 0.381. The van der Waals surface area contributed by atoms with Crippen LogP contribution in [-0.2, 0) is 38.5 Å². The molecule has 0 aliphatic heterocycles. The van der Waals surface area contributed by atoms with Crippen molar-refractivity contribution in [2.24, 2.45) is 0 Å². The lowest BCUT2D eigenvalue weighted by Gasteiger charge is -2.31. The standard InChI is InChI=1S/C42H50N2O3S/c1-7-13-21-29-33-34(42(47)36-32(48)24-23-31(45)35(36)41(33)46)30(22-14-8-2)40(44-38-27(11-5)19-16-20-28(38)12-6)39(29)43-37-25(9-3)17-15-18-26(37)10-4/h15-20,23-24,43-45,48H,7-14,21-22H2,1-6H3. The highest BCUT2D eigenvalue weighted by atomic mass is 32.1. The Bertz CT molecular complexity index is 1680. The summed E-state index contributed by atoms with van der Waals surface area (Å²) in [6.45, 7) is 13.0. The van der Waals surface area contributed by atoms with Crippen molar-refractivity contribution >= 4 is 46.9 Å². The predicted octanol–water partition coefficient (Wildman–Crippen LogP) is 10.9. The van der Waals surface area contributed by atoms with E-state index in [0.29, 0.717) is 28.9 Å². The number of phenols is 1. The molecule has 0 unspecified atom stereocenters. The van der Waals surface area contributed by atoms with Gasteiger partial charge in [0.25, 0.3) is 0 Å². The third-order valence-electron chi connectivity index (χ3n) is 9.84. The summed E-state index contributed by atoms with van der Waals surface area (Å²) < 4.78 is 0. The first-order valence-corrected chi connectivity index (χ1v) is 18.3. The second-order valence-electron chi connectivity index (χ2n) is 12.7. The Labute approximate surface area is 292 Å². The molecule has 5 rings (SSSR count). The summed E-state index contributed by atoms with van der Waals surface area (Å²) in [5, 5.41) is 18.9. The van der Waals surface area contributed by atoms with E-state index < -0.39 is 0 Å². The first-order valence-electron chi connectivity index (χ1n) is 17.9. The minimum absolute atomic E-state index is 0.0543. The molecule has 4 aromatic rings. The van der Waals surface area contributed by atoms with Gasteiger partial charge in [0.05, 0.1) is 22.5 Å². The number of nitrogens with one attached hydrogen (secondary N) is 2. The van der Waals surface area contributed by atoms with Crippen LogP contribution in [0.3, 0.4) is 0 Å². The molecule has 0 amide bonds. The third kappa shape index (κ3) is 6.39. The minimum atomic E-state index is -0.311. The van der Waals surface area contributed by atoms with Crippen molar-refractivity contribution < 1.29 is 14.7 Å². The van der Waals surface area contributed by atoms with Crippen LogP contribution in [0.1, 0.15) is 132 Å². The van der Waals surface area contributed by atoms with Gasteiger partial charge in [0.2, 0.25) is 0 Å². The van der Waals surface area contributed by atoms with Crippen LogP contribution in [0.4, 0.5) is 22.7 Å². The van der Waals surface area contributed by atoms with E-state index in [2.05, 4.69) is 101 Å². The monoisotopic (exact) mass is 662 g/mol. The number of para-hydroxylation sites is 2. The molecule has 0 atom stereocenters. The van der Waals surface area contributed by atoms with E-state index in [1.54, 1.807) is 6.07 Å². The largest absolute Gasteiger partial charge is 0.507 e. The Kier molecular flexibility index (Phi) is 11.4. The Morgan fingerprint density at radius 1 is 0.542 bits per heavy atom.